The van der Waals surface area contributed by atoms with E-state index in [-0.39, 0.29) is 24.0 Å². The van der Waals surface area contributed by atoms with E-state index in [1.807, 2.05) is 0 Å². The van der Waals surface area contributed by atoms with Crippen LogP contribution in [0.4, 0.5) is 0 Å². The number of amides is 2. The van der Waals surface area contributed by atoms with Crippen molar-refractivity contribution in [2.45, 2.75) is 12.8 Å². The summed E-state index contributed by atoms with van der Waals surface area (Å²) < 4.78 is 16.5. The standard InChI is InChI=1S/C18H20N4O5/c1-25-15-8-12(26-10-16(23)22-6-2-3-7-22)4-5-14(15)27-18-13(17(19)24)9-20-11-21-18/h4-5,8-9,11H,2-3,6-7,10H2,1H3,(H2,19,24). The molecule has 1 aromatic carbocycles. The number of carbonyl (C=O) groups excluding carboxylic acids is 2. The summed E-state index contributed by atoms with van der Waals surface area (Å²) in [6.45, 7) is 1.51. The molecule has 0 aliphatic carbocycles. The quantitative estimate of drug-likeness (QED) is 0.780. The van der Waals surface area contributed by atoms with Crippen LogP contribution in [0.15, 0.2) is 30.7 Å². The SMILES string of the molecule is COc1cc(OCC(=O)N2CCCC2)ccc1Oc1ncncc1C(N)=O. The lowest BCUT2D eigenvalue weighted by atomic mass is 10.3. The summed E-state index contributed by atoms with van der Waals surface area (Å²) in [6.07, 6.45) is 4.58. The Morgan fingerprint density at radius 3 is 2.70 bits per heavy atom. The van der Waals surface area contributed by atoms with Gasteiger partial charge in [0.25, 0.3) is 11.8 Å². The van der Waals surface area contributed by atoms with Gasteiger partial charge in [-0.1, -0.05) is 0 Å². The van der Waals surface area contributed by atoms with Gasteiger partial charge in [0.05, 0.1) is 7.11 Å². The maximum Gasteiger partial charge on any atom is 0.260 e. The molecule has 0 unspecified atom stereocenters. The van der Waals surface area contributed by atoms with Crippen molar-refractivity contribution in [1.29, 1.82) is 0 Å². The maximum absolute atomic E-state index is 12.1. The molecule has 1 aliphatic rings. The first kappa shape index (κ1) is 18.4. The molecular formula is C18H20N4O5. The third kappa shape index (κ3) is 4.43. The van der Waals surface area contributed by atoms with E-state index in [0.717, 1.165) is 25.9 Å². The van der Waals surface area contributed by atoms with Crippen LogP contribution in [0.2, 0.25) is 0 Å². The lowest BCUT2D eigenvalue weighted by Crippen LogP contribution is -2.32. The van der Waals surface area contributed by atoms with Crippen LogP contribution in [0.1, 0.15) is 23.2 Å². The zero-order chi connectivity index (χ0) is 19.2. The van der Waals surface area contributed by atoms with Gasteiger partial charge in [-0.15, -0.1) is 0 Å². The Morgan fingerprint density at radius 1 is 1.22 bits per heavy atom. The third-order valence-corrected chi connectivity index (χ3v) is 4.10. The van der Waals surface area contributed by atoms with Gasteiger partial charge in [-0.2, -0.15) is 0 Å². The predicted octanol–water partition coefficient (Wildman–Crippen LogP) is 1.38. The van der Waals surface area contributed by atoms with Crippen LogP contribution in [-0.2, 0) is 4.79 Å². The molecule has 2 amide bonds. The molecular weight excluding hydrogens is 352 g/mol. The molecule has 1 aliphatic heterocycles. The second-order valence-corrected chi connectivity index (χ2v) is 5.90. The van der Waals surface area contributed by atoms with Crippen LogP contribution in [-0.4, -0.2) is 53.5 Å². The highest BCUT2D eigenvalue weighted by molar-refractivity contribution is 5.94. The molecule has 9 heteroatoms. The van der Waals surface area contributed by atoms with Crippen molar-refractivity contribution in [1.82, 2.24) is 14.9 Å². The molecule has 9 nitrogen and oxygen atoms in total. The van der Waals surface area contributed by atoms with E-state index < -0.39 is 5.91 Å². The minimum absolute atomic E-state index is 0.0219. The fraction of sp³-hybridized carbons (Fsp3) is 0.333. The largest absolute Gasteiger partial charge is 0.493 e. The molecule has 1 aromatic heterocycles. The van der Waals surface area contributed by atoms with E-state index in [0.29, 0.717) is 17.2 Å². The van der Waals surface area contributed by atoms with Gasteiger partial charge in [-0.05, 0) is 25.0 Å². The highest BCUT2D eigenvalue weighted by Gasteiger charge is 2.19. The molecule has 1 saturated heterocycles. The smallest absolute Gasteiger partial charge is 0.260 e. The number of benzene rings is 1. The summed E-state index contributed by atoms with van der Waals surface area (Å²) in [6, 6.07) is 4.83. The van der Waals surface area contributed by atoms with Gasteiger partial charge in [-0.3, -0.25) is 9.59 Å². The number of ether oxygens (including phenoxy) is 3. The fourth-order valence-corrected chi connectivity index (χ4v) is 2.70. The van der Waals surface area contributed by atoms with Crippen LogP contribution in [0.5, 0.6) is 23.1 Å². The maximum atomic E-state index is 12.1. The normalized spacial score (nSPS) is 13.3. The van der Waals surface area contributed by atoms with Crippen molar-refractivity contribution >= 4 is 11.8 Å². The molecule has 1 fully saturated rings. The lowest BCUT2D eigenvalue weighted by Gasteiger charge is -2.16. The minimum Gasteiger partial charge on any atom is -0.493 e. The van der Waals surface area contributed by atoms with Gasteiger partial charge in [0, 0.05) is 25.4 Å². The van der Waals surface area contributed by atoms with Crippen molar-refractivity contribution < 1.29 is 23.8 Å². The second kappa shape index (κ2) is 8.35. The molecule has 3 rings (SSSR count). The van der Waals surface area contributed by atoms with Gasteiger partial charge in [0.1, 0.15) is 17.6 Å². The highest BCUT2D eigenvalue weighted by Crippen LogP contribution is 2.34. The first-order valence-electron chi connectivity index (χ1n) is 8.44. The fourth-order valence-electron chi connectivity index (χ4n) is 2.70. The monoisotopic (exact) mass is 372 g/mol. The van der Waals surface area contributed by atoms with E-state index in [9.17, 15) is 9.59 Å². The van der Waals surface area contributed by atoms with Crippen LogP contribution >= 0.6 is 0 Å². The average molecular weight is 372 g/mol. The van der Waals surface area contributed by atoms with Gasteiger partial charge < -0.3 is 24.8 Å². The lowest BCUT2D eigenvalue weighted by molar-refractivity contribution is -0.132. The molecule has 2 heterocycles. The Kier molecular flexibility index (Phi) is 5.70. The first-order valence-corrected chi connectivity index (χ1v) is 8.44. The molecule has 142 valence electrons. The zero-order valence-corrected chi connectivity index (χ0v) is 14.9. The van der Waals surface area contributed by atoms with E-state index in [2.05, 4.69) is 9.97 Å². The zero-order valence-electron chi connectivity index (χ0n) is 14.9. The minimum atomic E-state index is -0.704. The number of likely N-dealkylation sites (tertiary alicyclic amines) is 1. The molecule has 0 atom stereocenters. The van der Waals surface area contributed by atoms with Crippen molar-refractivity contribution in [3.63, 3.8) is 0 Å². The Balaban J connectivity index is 1.71. The molecule has 0 spiro atoms. The number of nitrogens with two attached hydrogens (primary N) is 1. The predicted molar refractivity (Wildman–Crippen MR) is 94.9 cm³/mol. The van der Waals surface area contributed by atoms with E-state index in [1.54, 1.807) is 23.1 Å². The van der Waals surface area contributed by atoms with Crippen LogP contribution in [0.25, 0.3) is 0 Å². The third-order valence-electron chi connectivity index (χ3n) is 4.10. The first-order chi connectivity index (χ1) is 13.1. The molecule has 27 heavy (non-hydrogen) atoms. The summed E-state index contributed by atoms with van der Waals surface area (Å²) in [5, 5.41) is 0. The summed E-state index contributed by atoms with van der Waals surface area (Å²) in [5.74, 6) is 0.411. The number of hydrogen-bond donors (Lipinski definition) is 1. The highest BCUT2D eigenvalue weighted by atomic mass is 16.5. The van der Waals surface area contributed by atoms with Crippen molar-refractivity contribution in [2.24, 2.45) is 5.73 Å². The van der Waals surface area contributed by atoms with Crippen LogP contribution in [0, 0.1) is 0 Å². The summed E-state index contributed by atoms with van der Waals surface area (Å²) in [5.41, 5.74) is 5.35. The van der Waals surface area contributed by atoms with E-state index in [1.165, 1.54) is 19.6 Å². The Morgan fingerprint density at radius 2 is 2.00 bits per heavy atom. The number of aromatic nitrogens is 2. The molecule has 0 bridgehead atoms. The number of carbonyl (C=O) groups is 2. The summed E-state index contributed by atoms with van der Waals surface area (Å²) in [7, 11) is 1.47. The van der Waals surface area contributed by atoms with Gasteiger partial charge in [0.2, 0.25) is 5.88 Å². The number of hydrogen-bond acceptors (Lipinski definition) is 7. The number of primary amides is 1. The topological polar surface area (TPSA) is 117 Å². The molecule has 0 radical (unpaired) electrons. The summed E-state index contributed by atoms with van der Waals surface area (Å²) in [4.78, 5) is 33.0. The van der Waals surface area contributed by atoms with Gasteiger partial charge in [-0.25, -0.2) is 9.97 Å². The van der Waals surface area contributed by atoms with Crippen molar-refractivity contribution in [3.05, 3.63) is 36.3 Å². The van der Waals surface area contributed by atoms with Crippen LogP contribution < -0.4 is 19.9 Å². The average Bonchev–Trinajstić information content (AvgIpc) is 3.22. The van der Waals surface area contributed by atoms with Gasteiger partial charge in [0.15, 0.2) is 18.1 Å². The number of nitrogens with zero attached hydrogens (tertiary/aromatic N) is 3. The van der Waals surface area contributed by atoms with Crippen LogP contribution in [0.3, 0.4) is 0 Å². The van der Waals surface area contributed by atoms with Crippen molar-refractivity contribution in [3.8, 4) is 23.1 Å². The Labute approximate surface area is 156 Å². The Bertz CT molecular complexity index is 836. The molecule has 2 N–H and O–H groups in total. The van der Waals surface area contributed by atoms with E-state index >= 15 is 0 Å². The Hall–Kier alpha value is -3.36. The molecule has 2 aromatic rings. The van der Waals surface area contributed by atoms with Crippen molar-refractivity contribution in [2.75, 3.05) is 26.8 Å². The number of methoxy groups -OCH3 is 1. The van der Waals surface area contributed by atoms with Gasteiger partial charge >= 0.3 is 0 Å². The number of rotatable bonds is 7. The summed E-state index contributed by atoms with van der Waals surface area (Å²) >= 11 is 0. The van der Waals surface area contributed by atoms with E-state index in [4.69, 9.17) is 19.9 Å². The molecule has 0 saturated carbocycles. The second-order valence-electron chi connectivity index (χ2n) is 5.90.